The van der Waals surface area contributed by atoms with Gasteiger partial charge in [-0.05, 0) is 56.0 Å². The van der Waals surface area contributed by atoms with E-state index >= 15 is 0 Å². The number of nitrogens with two attached hydrogens (primary N) is 1. The highest BCUT2D eigenvalue weighted by Crippen LogP contribution is 2.24. The van der Waals surface area contributed by atoms with E-state index in [1.807, 2.05) is 0 Å². The topological polar surface area (TPSA) is 55.1 Å². The number of benzene rings is 1. The molecule has 3 nitrogen and oxygen atoms in total. The first-order chi connectivity index (χ1) is 9.10. The predicted molar refractivity (Wildman–Crippen MR) is 73.4 cm³/mol. The fraction of sp³-hybridized carbons (Fsp3) is 0.533. The Kier molecular flexibility index (Phi) is 4.53. The summed E-state index contributed by atoms with van der Waals surface area (Å²) in [6, 6.07) is 4.52. The summed E-state index contributed by atoms with van der Waals surface area (Å²) in [7, 11) is 0. The van der Waals surface area contributed by atoms with Crippen LogP contribution in [0, 0.1) is 18.7 Å². The van der Waals surface area contributed by atoms with Crippen LogP contribution in [0.3, 0.4) is 0 Å². The van der Waals surface area contributed by atoms with Gasteiger partial charge in [0.25, 0.3) is 5.91 Å². The van der Waals surface area contributed by atoms with Gasteiger partial charge in [0.1, 0.15) is 5.82 Å². The van der Waals surface area contributed by atoms with E-state index in [-0.39, 0.29) is 17.8 Å². The van der Waals surface area contributed by atoms with Gasteiger partial charge in [-0.3, -0.25) is 4.79 Å². The van der Waals surface area contributed by atoms with Crippen LogP contribution in [0.5, 0.6) is 0 Å². The average Bonchev–Trinajstić information content (AvgIpc) is 2.38. The van der Waals surface area contributed by atoms with Gasteiger partial charge in [0.2, 0.25) is 0 Å². The largest absolute Gasteiger partial charge is 0.349 e. The van der Waals surface area contributed by atoms with E-state index in [1.165, 1.54) is 18.6 Å². The average molecular weight is 264 g/mol. The Labute approximate surface area is 113 Å². The van der Waals surface area contributed by atoms with Gasteiger partial charge in [-0.1, -0.05) is 12.8 Å². The predicted octanol–water partition coefficient (Wildman–Crippen LogP) is 2.38. The monoisotopic (exact) mass is 264 g/mol. The smallest absolute Gasteiger partial charge is 0.251 e. The Hall–Kier alpha value is -1.42. The molecular weight excluding hydrogens is 243 g/mol. The third kappa shape index (κ3) is 3.53. The molecule has 0 aliphatic heterocycles. The normalized spacial score (nSPS) is 23.1. The summed E-state index contributed by atoms with van der Waals surface area (Å²) in [5, 5.41) is 3.00. The molecule has 1 amide bonds. The van der Waals surface area contributed by atoms with Gasteiger partial charge in [-0.25, -0.2) is 4.39 Å². The Bertz CT molecular complexity index is 441. The minimum Gasteiger partial charge on any atom is -0.349 e. The summed E-state index contributed by atoms with van der Waals surface area (Å²) in [5.41, 5.74) is 6.89. The second-order valence-corrected chi connectivity index (χ2v) is 5.38. The molecule has 0 aromatic heterocycles. The maximum Gasteiger partial charge on any atom is 0.251 e. The summed E-state index contributed by atoms with van der Waals surface area (Å²) in [6.07, 6.45) is 4.31. The van der Waals surface area contributed by atoms with E-state index in [4.69, 9.17) is 5.73 Å². The standard InChI is InChI=1S/C15H21FN2O/c1-10-6-12(8-13(16)7-10)15(19)18-14-5-3-2-4-11(14)9-17/h6-8,11,14H,2-5,9,17H2,1H3,(H,18,19). The third-order valence-electron chi connectivity index (χ3n) is 3.83. The van der Waals surface area contributed by atoms with E-state index in [1.54, 1.807) is 13.0 Å². The molecule has 0 radical (unpaired) electrons. The molecule has 3 N–H and O–H groups in total. The van der Waals surface area contributed by atoms with Crippen LogP contribution in [0.15, 0.2) is 18.2 Å². The highest BCUT2D eigenvalue weighted by molar-refractivity contribution is 5.94. The molecular formula is C15H21FN2O. The molecule has 104 valence electrons. The second-order valence-electron chi connectivity index (χ2n) is 5.38. The molecule has 1 aliphatic carbocycles. The molecule has 0 bridgehead atoms. The van der Waals surface area contributed by atoms with Crippen molar-refractivity contribution >= 4 is 5.91 Å². The number of rotatable bonds is 3. The van der Waals surface area contributed by atoms with Gasteiger partial charge in [-0.15, -0.1) is 0 Å². The van der Waals surface area contributed by atoms with Crippen LogP contribution in [0.25, 0.3) is 0 Å². The van der Waals surface area contributed by atoms with Gasteiger partial charge >= 0.3 is 0 Å². The summed E-state index contributed by atoms with van der Waals surface area (Å²) in [6.45, 7) is 2.37. The zero-order valence-corrected chi connectivity index (χ0v) is 11.3. The Morgan fingerprint density at radius 3 is 2.79 bits per heavy atom. The van der Waals surface area contributed by atoms with Gasteiger partial charge in [0.15, 0.2) is 0 Å². The molecule has 0 saturated heterocycles. The minimum absolute atomic E-state index is 0.120. The number of halogens is 1. The number of carbonyl (C=O) groups excluding carboxylic acids is 1. The lowest BCUT2D eigenvalue weighted by Gasteiger charge is -2.31. The van der Waals surface area contributed by atoms with Crippen LogP contribution in [0.1, 0.15) is 41.6 Å². The lowest BCUT2D eigenvalue weighted by molar-refractivity contribution is 0.0907. The zero-order valence-electron chi connectivity index (χ0n) is 11.3. The zero-order chi connectivity index (χ0) is 13.8. The molecule has 1 aliphatic rings. The molecule has 1 saturated carbocycles. The van der Waals surface area contributed by atoms with Crippen molar-refractivity contribution in [1.82, 2.24) is 5.32 Å². The second kappa shape index (κ2) is 6.15. The van der Waals surface area contributed by atoms with Crippen LogP contribution in [0.4, 0.5) is 4.39 Å². The number of hydrogen-bond donors (Lipinski definition) is 2. The van der Waals surface area contributed by atoms with E-state index in [0.29, 0.717) is 18.0 Å². The fourth-order valence-corrected chi connectivity index (χ4v) is 2.80. The van der Waals surface area contributed by atoms with Crippen LogP contribution in [-0.2, 0) is 0 Å². The highest BCUT2D eigenvalue weighted by Gasteiger charge is 2.25. The first-order valence-electron chi connectivity index (χ1n) is 6.88. The van der Waals surface area contributed by atoms with Gasteiger partial charge in [-0.2, -0.15) is 0 Å². The minimum atomic E-state index is -0.371. The molecule has 2 atom stereocenters. The highest BCUT2D eigenvalue weighted by atomic mass is 19.1. The van der Waals surface area contributed by atoms with Crippen molar-refractivity contribution in [2.24, 2.45) is 11.7 Å². The van der Waals surface area contributed by atoms with Crippen molar-refractivity contribution in [3.8, 4) is 0 Å². The molecule has 1 aromatic rings. The lowest BCUT2D eigenvalue weighted by atomic mass is 9.84. The van der Waals surface area contributed by atoms with E-state index in [9.17, 15) is 9.18 Å². The number of aryl methyl sites for hydroxylation is 1. The molecule has 2 rings (SSSR count). The van der Waals surface area contributed by atoms with Crippen molar-refractivity contribution in [2.45, 2.75) is 38.6 Å². The molecule has 1 fully saturated rings. The van der Waals surface area contributed by atoms with Crippen molar-refractivity contribution in [3.05, 3.63) is 35.1 Å². The molecule has 0 spiro atoms. The summed E-state index contributed by atoms with van der Waals surface area (Å²) in [4.78, 5) is 12.2. The maximum absolute atomic E-state index is 13.3. The van der Waals surface area contributed by atoms with Crippen LogP contribution in [0.2, 0.25) is 0 Å². The first kappa shape index (κ1) is 14.0. The number of carbonyl (C=O) groups is 1. The summed E-state index contributed by atoms with van der Waals surface area (Å²) in [5.74, 6) is -0.232. The number of amides is 1. The third-order valence-corrected chi connectivity index (χ3v) is 3.83. The number of hydrogen-bond acceptors (Lipinski definition) is 2. The Morgan fingerprint density at radius 2 is 2.11 bits per heavy atom. The van der Waals surface area contributed by atoms with Gasteiger partial charge in [0.05, 0.1) is 0 Å². The van der Waals surface area contributed by atoms with Crippen molar-refractivity contribution in [3.63, 3.8) is 0 Å². The van der Waals surface area contributed by atoms with Crippen molar-refractivity contribution in [1.29, 1.82) is 0 Å². The molecule has 0 heterocycles. The lowest BCUT2D eigenvalue weighted by Crippen LogP contribution is -2.44. The fourth-order valence-electron chi connectivity index (χ4n) is 2.80. The molecule has 2 unspecified atom stereocenters. The number of nitrogens with one attached hydrogen (secondary N) is 1. The van der Waals surface area contributed by atoms with E-state index in [0.717, 1.165) is 24.8 Å². The molecule has 1 aromatic carbocycles. The van der Waals surface area contributed by atoms with Gasteiger partial charge in [0, 0.05) is 11.6 Å². The molecule has 4 heteroatoms. The van der Waals surface area contributed by atoms with Crippen LogP contribution < -0.4 is 11.1 Å². The Balaban J connectivity index is 2.07. The van der Waals surface area contributed by atoms with E-state index in [2.05, 4.69) is 5.32 Å². The van der Waals surface area contributed by atoms with Crippen LogP contribution in [-0.4, -0.2) is 18.5 Å². The first-order valence-corrected chi connectivity index (χ1v) is 6.88. The van der Waals surface area contributed by atoms with Crippen LogP contribution >= 0.6 is 0 Å². The van der Waals surface area contributed by atoms with Crippen molar-refractivity contribution in [2.75, 3.05) is 6.54 Å². The van der Waals surface area contributed by atoms with Crippen molar-refractivity contribution < 1.29 is 9.18 Å². The van der Waals surface area contributed by atoms with Gasteiger partial charge < -0.3 is 11.1 Å². The quantitative estimate of drug-likeness (QED) is 0.880. The SMILES string of the molecule is Cc1cc(F)cc(C(=O)NC2CCCCC2CN)c1. The molecule has 19 heavy (non-hydrogen) atoms. The Morgan fingerprint density at radius 1 is 1.37 bits per heavy atom. The maximum atomic E-state index is 13.3. The van der Waals surface area contributed by atoms with E-state index < -0.39 is 0 Å². The summed E-state index contributed by atoms with van der Waals surface area (Å²) >= 11 is 0. The summed E-state index contributed by atoms with van der Waals surface area (Å²) < 4.78 is 13.3.